The van der Waals surface area contributed by atoms with E-state index in [2.05, 4.69) is 4.74 Å². The van der Waals surface area contributed by atoms with Gasteiger partial charge in [-0.3, -0.25) is 4.79 Å². The number of nitriles is 1. The summed E-state index contributed by atoms with van der Waals surface area (Å²) in [7, 11) is 4.46. The van der Waals surface area contributed by atoms with Gasteiger partial charge in [-0.15, -0.1) is 0 Å². The molecule has 1 amide bonds. The van der Waals surface area contributed by atoms with Crippen LogP contribution in [-0.4, -0.2) is 38.0 Å². The maximum Gasteiger partial charge on any atom is 0.337 e. The molecule has 1 aromatic rings. The molecule has 0 fully saturated rings. The Bertz CT molecular complexity index is 551. The number of benzene rings is 1. The second-order valence-electron chi connectivity index (χ2n) is 3.98. The zero-order valence-electron chi connectivity index (χ0n) is 11.0. The van der Waals surface area contributed by atoms with Crippen LogP contribution in [0.3, 0.4) is 0 Å². The molecule has 1 rings (SSSR count). The van der Waals surface area contributed by atoms with Gasteiger partial charge >= 0.3 is 5.97 Å². The van der Waals surface area contributed by atoms with Gasteiger partial charge in [-0.05, 0) is 23.8 Å². The second kappa shape index (κ2) is 6.36. The normalized spacial score (nSPS) is 10.5. The SMILES string of the molecule is COC(=O)c1ccc(/C=C(/C#N)C(=O)N(C)C)cc1. The van der Waals surface area contributed by atoms with E-state index in [9.17, 15) is 9.59 Å². The van der Waals surface area contributed by atoms with Gasteiger partial charge in [0.15, 0.2) is 0 Å². The number of esters is 1. The maximum absolute atomic E-state index is 11.7. The predicted octanol–water partition coefficient (Wildman–Crippen LogP) is 1.47. The molecule has 0 atom stereocenters. The van der Waals surface area contributed by atoms with E-state index >= 15 is 0 Å². The quantitative estimate of drug-likeness (QED) is 0.467. The van der Waals surface area contributed by atoms with Crippen molar-refractivity contribution in [2.45, 2.75) is 0 Å². The molecule has 0 N–H and O–H groups in total. The third kappa shape index (κ3) is 3.68. The van der Waals surface area contributed by atoms with Crippen molar-refractivity contribution in [3.63, 3.8) is 0 Å². The lowest BCUT2D eigenvalue weighted by Gasteiger charge is -2.08. The lowest BCUT2D eigenvalue weighted by atomic mass is 10.1. The molecule has 19 heavy (non-hydrogen) atoms. The van der Waals surface area contributed by atoms with Gasteiger partial charge in [0.05, 0.1) is 12.7 Å². The van der Waals surface area contributed by atoms with Gasteiger partial charge in [-0.25, -0.2) is 4.79 Å². The first kappa shape index (κ1) is 14.5. The van der Waals surface area contributed by atoms with Crippen LogP contribution in [0, 0.1) is 11.3 Å². The van der Waals surface area contributed by atoms with E-state index in [1.807, 2.05) is 6.07 Å². The molecular weight excluding hydrogens is 244 g/mol. The number of hydrogen-bond acceptors (Lipinski definition) is 4. The second-order valence-corrected chi connectivity index (χ2v) is 3.98. The molecule has 5 nitrogen and oxygen atoms in total. The standard InChI is InChI=1S/C14H14N2O3/c1-16(2)13(17)12(9-15)8-10-4-6-11(7-5-10)14(18)19-3/h4-8H,1-3H3/b12-8-. The molecule has 98 valence electrons. The van der Waals surface area contributed by atoms with E-state index in [4.69, 9.17) is 5.26 Å². The largest absolute Gasteiger partial charge is 0.465 e. The van der Waals surface area contributed by atoms with Gasteiger partial charge in [-0.1, -0.05) is 12.1 Å². The number of hydrogen-bond donors (Lipinski definition) is 0. The zero-order chi connectivity index (χ0) is 14.4. The van der Waals surface area contributed by atoms with Crippen molar-refractivity contribution in [3.8, 4) is 6.07 Å². The number of rotatable bonds is 3. The van der Waals surface area contributed by atoms with Crippen LogP contribution in [0.25, 0.3) is 6.08 Å². The van der Waals surface area contributed by atoms with Gasteiger partial charge in [0.1, 0.15) is 11.6 Å². The summed E-state index contributed by atoms with van der Waals surface area (Å²) in [4.78, 5) is 24.2. The molecule has 0 bridgehead atoms. The summed E-state index contributed by atoms with van der Waals surface area (Å²) in [5.41, 5.74) is 1.12. The van der Waals surface area contributed by atoms with E-state index < -0.39 is 5.97 Å². The van der Waals surface area contributed by atoms with Gasteiger partial charge in [0.25, 0.3) is 5.91 Å². The van der Waals surface area contributed by atoms with Crippen molar-refractivity contribution in [2.24, 2.45) is 0 Å². The Hall–Kier alpha value is -2.61. The summed E-state index contributed by atoms with van der Waals surface area (Å²) in [5.74, 6) is -0.792. The monoisotopic (exact) mass is 258 g/mol. The number of amides is 1. The van der Waals surface area contributed by atoms with Crippen molar-refractivity contribution in [2.75, 3.05) is 21.2 Å². The van der Waals surface area contributed by atoms with Crippen molar-refractivity contribution in [1.82, 2.24) is 4.90 Å². The smallest absolute Gasteiger partial charge is 0.337 e. The van der Waals surface area contributed by atoms with Crippen LogP contribution < -0.4 is 0 Å². The van der Waals surface area contributed by atoms with Crippen LogP contribution in [-0.2, 0) is 9.53 Å². The molecular formula is C14H14N2O3. The number of methoxy groups -OCH3 is 1. The highest BCUT2D eigenvalue weighted by Gasteiger charge is 2.11. The van der Waals surface area contributed by atoms with Crippen molar-refractivity contribution < 1.29 is 14.3 Å². The molecule has 5 heteroatoms. The van der Waals surface area contributed by atoms with E-state index in [-0.39, 0.29) is 11.5 Å². The first-order valence-corrected chi connectivity index (χ1v) is 5.51. The Labute approximate surface area is 111 Å². The average Bonchev–Trinajstić information content (AvgIpc) is 2.43. The molecule has 0 aliphatic rings. The van der Waals surface area contributed by atoms with Crippen molar-refractivity contribution >= 4 is 18.0 Å². The minimum atomic E-state index is -0.430. The fraction of sp³-hybridized carbons (Fsp3) is 0.214. The Balaban J connectivity index is 3.02. The molecule has 0 unspecified atom stereocenters. The molecule has 0 saturated carbocycles. The lowest BCUT2D eigenvalue weighted by Crippen LogP contribution is -2.22. The zero-order valence-corrected chi connectivity index (χ0v) is 11.0. The van der Waals surface area contributed by atoms with Crippen molar-refractivity contribution in [3.05, 3.63) is 41.0 Å². The van der Waals surface area contributed by atoms with E-state index in [1.54, 1.807) is 38.4 Å². The fourth-order valence-corrected chi connectivity index (χ4v) is 1.38. The summed E-state index contributed by atoms with van der Waals surface area (Å²) in [6.07, 6.45) is 1.48. The fourth-order valence-electron chi connectivity index (χ4n) is 1.38. The Morgan fingerprint density at radius 1 is 1.26 bits per heavy atom. The first-order valence-electron chi connectivity index (χ1n) is 5.51. The topological polar surface area (TPSA) is 70.4 Å². The van der Waals surface area contributed by atoms with Crippen molar-refractivity contribution in [1.29, 1.82) is 5.26 Å². The number of likely N-dealkylation sites (N-methyl/N-ethyl adjacent to an activating group) is 1. The van der Waals surface area contributed by atoms with E-state index in [0.29, 0.717) is 11.1 Å². The summed E-state index contributed by atoms with van der Waals surface area (Å²) in [5, 5.41) is 8.95. The number of ether oxygens (including phenoxy) is 1. The van der Waals surface area contributed by atoms with Crippen LogP contribution in [0.2, 0.25) is 0 Å². The maximum atomic E-state index is 11.7. The molecule has 0 aromatic heterocycles. The van der Waals surface area contributed by atoms with Gasteiger partial charge in [-0.2, -0.15) is 5.26 Å². The highest BCUT2D eigenvalue weighted by atomic mass is 16.5. The third-order valence-corrected chi connectivity index (χ3v) is 2.40. The third-order valence-electron chi connectivity index (χ3n) is 2.40. The first-order chi connectivity index (χ1) is 8.99. The van der Waals surface area contributed by atoms with Crippen LogP contribution in [0.5, 0.6) is 0 Å². The molecule has 0 radical (unpaired) electrons. The summed E-state index contributed by atoms with van der Waals surface area (Å²) < 4.78 is 4.58. The van der Waals surface area contributed by atoms with E-state index in [1.165, 1.54) is 18.1 Å². The minimum absolute atomic E-state index is 0.0378. The molecule has 0 spiro atoms. The Morgan fingerprint density at radius 3 is 2.26 bits per heavy atom. The predicted molar refractivity (Wildman–Crippen MR) is 70.1 cm³/mol. The summed E-state index contributed by atoms with van der Waals surface area (Å²) in [6.45, 7) is 0. The molecule has 0 heterocycles. The number of carbonyl (C=O) groups excluding carboxylic acids is 2. The molecule has 0 aliphatic carbocycles. The Kier molecular flexibility index (Phi) is 4.84. The molecule has 0 saturated heterocycles. The van der Waals surface area contributed by atoms with Crippen LogP contribution >= 0.6 is 0 Å². The highest BCUT2D eigenvalue weighted by molar-refractivity contribution is 6.01. The molecule has 1 aromatic carbocycles. The average molecular weight is 258 g/mol. The van der Waals surface area contributed by atoms with E-state index in [0.717, 1.165) is 0 Å². The molecule has 0 aliphatic heterocycles. The van der Waals surface area contributed by atoms with Gasteiger partial charge < -0.3 is 9.64 Å². The Morgan fingerprint density at radius 2 is 1.84 bits per heavy atom. The summed E-state index contributed by atoms with van der Waals surface area (Å²) >= 11 is 0. The van der Waals surface area contributed by atoms with Gasteiger partial charge in [0, 0.05) is 14.1 Å². The number of carbonyl (C=O) groups is 2. The van der Waals surface area contributed by atoms with Crippen LogP contribution in [0.4, 0.5) is 0 Å². The van der Waals surface area contributed by atoms with Crippen LogP contribution in [0.15, 0.2) is 29.8 Å². The number of nitrogens with zero attached hydrogens (tertiary/aromatic N) is 2. The van der Waals surface area contributed by atoms with Gasteiger partial charge in [0.2, 0.25) is 0 Å². The minimum Gasteiger partial charge on any atom is -0.465 e. The summed E-state index contributed by atoms with van der Waals surface area (Å²) in [6, 6.07) is 8.30. The van der Waals surface area contributed by atoms with Crippen LogP contribution in [0.1, 0.15) is 15.9 Å². The lowest BCUT2D eigenvalue weighted by molar-refractivity contribution is -0.124. The highest BCUT2D eigenvalue weighted by Crippen LogP contribution is 2.11.